The first kappa shape index (κ1) is 17.7. The van der Waals surface area contributed by atoms with Crippen LogP contribution in [0.2, 0.25) is 0 Å². The van der Waals surface area contributed by atoms with E-state index in [1.807, 2.05) is 4.90 Å². The van der Waals surface area contributed by atoms with E-state index in [-0.39, 0.29) is 25.0 Å². The van der Waals surface area contributed by atoms with Crippen LogP contribution in [-0.2, 0) is 14.8 Å². The number of carbonyl (C=O) groups is 1. The molecule has 0 aromatic carbocycles. The molecule has 0 aromatic heterocycles. The first-order chi connectivity index (χ1) is 10.2. The van der Waals surface area contributed by atoms with Crippen LogP contribution in [0.3, 0.4) is 0 Å². The number of likely N-dealkylation sites (N-methyl/N-ethyl adjacent to an activating group) is 1. The highest BCUT2D eigenvalue weighted by Crippen LogP contribution is 2.43. The van der Waals surface area contributed by atoms with E-state index in [0.717, 1.165) is 19.1 Å². The molecule has 22 heavy (non-hydrogen) atoms. The number of hydrogen-bond donors (Lipinski definition) is 2. The summed E-state index contributed by atoms with van der Waals surface area (Å²) >= 11 is 0. The standard InChI is InChI=1S/C14H26N3O4S/c1-3-16(22(2,20)21)9-12(18)10-17-11-5-4-7-14(17,8-6-11)13(15)19/h4,11-12,18H,3,5-10H2,1-2H3,(H2,15,19)/t11-,12?,14+/m1/s1. The first-order valence-corrected chi connectivity index (χ1v) is 9.57. The number of piperidine rings is 1. The molecule has 2 saturated heterocycles. The minimum Gasteiger partial charge on any atom is -0.390 e. The molecule has 0 saturated carbocycles. The number of aliphatic hydroxyl groups excluding tert-OH is 1. The summed E-state index contributed by atoms with van der Waals surface area (Å²) < 4.78 is 24.5. The Labute approximate surface area is 132 Å². The fourth-order valence-corrected chi connectivity index (χ4v) is 4.65. The number of aliphatic hydroxyl groups is 1. The molecule has 3 atom stereocenters. The molecular formula is C14H26N3O4S. The molecule has 0 aliphatic carbocycles. The lowest BCUT2D eigenvalue weighted by molar-refractivity contribution is -0.131. The van der Waals surface area contributed by atoms with Crippen molar-refractivity contribution >= 4 is 15.9 Å². The number of sulfonamides is 1. The van der Waals surface area contributed by atoms with Crippen LogP contribution >= 0.6 is 0 Å². The van der Waals surface area contributed by atoms with Gasteiger partial charge < -0.3 is 10.8 Å². The third kappa shape index (κ3) is 3.29. The van der Waals surface area contributed by atoms with Crippen LogP contribution in [0, 0.1) is 6.42 Å². The van der Waals surface area contributed by atoms with Crippen molar-refractivity contribution in [2.24, 2.45) is 5.73 Å². The second kappa shape index (κ2) is 6.43. The Balaban J connectivity index is 2.07. The average molecular weight is 332 g/mol. The topological polar surface area (TPSA) is 104 Å². The molecule has 0 spiro atoms. The summed E-state index contributed by atoms with van der Waals surface area (Å²) in [4.78, 5) is 13.9. The molecule has 3 N–H and O–H groups in total. The fourth-order valence-electron chi connectivity index (χ4n) is 3.74. The fraction of sp³-hybridized carbons (Fsp3) is 0.857. The number of nitrogens with two attached hydrogens (primary N) is 1. The maximum absolute atomic E-state index is 11.9. The number of β-amino-alcohol motifs (C(OH)–C–C–N with tert-alkyl or cyclic N) is 1. The summed E-state index contributed by atoms with van der Waals surface area (Å²) in [5, 5.41) is 10.3. The van der Waals surface area contributed by atoms with E-state index in [2.05, 4.69) is 6.42 Å². The first-order valence-electron chi connectivity index (χ1n) is 7.72. The van der Waals surface area contributed by atoms with E-state index in [9.17, 15) is 18.3 Å². The molecule has 2 aliphatic heterocycles. The zero-order valence-corrected chi connectivity index (χ0v) is 14.1. The summed E-state index contributed by atoms with van der Waals surface area (Å²) in [6.45, 7) is 2.36. The second-order valence-corrected chi connectivity index (χ2v) is 8.32. The van der Waals surface area contributed by atoms with Gasteiger partial charge in [0.2, 0.25) is 15.9 Å². The van der Waals surface area contributed by atoms with Crippen LogP contribution in [0.15, 0.2) is 0 Å². The zero-order chi connectivity index (χ0) is 16.5. The molecule has 2 heterocycles. The lowest BCUT2D eigenvalue weighted by atomic mass is 9.87. The Bertz CT molecular complexity index is 520. The molecule has 8 heteroatoms. The Kier molecular flexibility index (Phi) is 5.16. The summed E-state index contributed by atoms with van der Waals surface area (Å²) in [6, 6.07) is 0.212. The minimum atomic E-state index is -3.34. The van der Waals surface area contributed by atoms with Crippen LogP contribution < -0.4 is 5.73 Å². The number of nitrogens with zero attached hydrogens (tertiary/aromatic N) is 2. The van der Waals surface area contributed by atoms with Crippen molar-refractivity contribution in [2.45, 2.75) is 50.3 Å². The Hall–Kier alpha value is -0.700. The Morgan fingerprint density at radius 3 is 2.82 bits per heavy atom. The van der Waals surface area contributed by atoms with Gasteiger partial charge in [0.15, 0.2) is 0 Å². The van der Waals surface area contributed by atoms with E-state index in [0.29, 0.717) is 19.4 Å². The lowest BCUT2D eigenvalue weighted by Gasteiger charge is -2.43. The third-order valence-corrected chi connectivity index (χ3v) is 6.25. The quantitative estimate of drug-likeness (QED) is 0.642. The molecule has 1 radical (unpaired) electrons. The number of hydrogen-bond acceptors (Lipinski definition) is 5. The van der Waals surface area contributed by atoms with Gasteiger partial charge in [-0.1, -0.05) is 6.92 Å². The van der Waals surface area contributed by atoms with Crippen LogP contribution in [0.25, 0.3) is 0 Å². The zero-order valence-electron chi connectivity index (χ0n) is 13.2. The maximum atomic E-state index is 11.9. The van der Waals surface area contributed by atoms with Gasteiger partial charge >= 0.3 is 0 Å². The normalized spacial score (nSPS) is 30.6. The maximum Gasteiger partial charge on any atom is 0.237 e. The van der Waals surface area contributed by atoms with Gasteiger partial charge in [-0.15, -0.1) is 0 Å². The molecule has 2 fully saturated rings. The van der Waals surface area contributed by atoms with Crippen molar-refractivity contribution in [3.8, 4) is 0 Å². The molecule has 0 aromatic rings. The average Bonchev–Trinajstić information content (AvgIpc) is 2.63. The number of amides is 1. The van der Waals surface area contributed by atoms with Crippen molar-refractivity contribution in [1.29, 1.82) is 0 Å². The van der Waals surface area contributed by atoms with Crippen molar-refractivity contribution in [3.05, 3.63) is 6.42 Å². The molecule has 1 amide bonds. The molecule has 7 nitrogen and oxygen atoms in total. The van der Waals surface area contributed by atoms with Gasteiger partial charge in [-0.2, -0.15) is 4.31 Å². The SMILES string of the molecule is CCN(CC(O)CN1[C@@H]2C[CH]C[C@@]1(C(N)=O)CC2)S(C)(=O)=O. The van der Waals surface area contributed by atoms with Gasteiger partial charge in [-0.05, 0) is 32.1 Å². The van der Waals surface area contributed by atoms with Crippen LogP contribution in [0.5, 0.6) is 0 Å². The van der Waals surface area contributed by atoms with Gasteiger partial charge in [0, 0.05) is 25.7 Å². The van der Waals surface area contributed by atoms with Gasteiger partial charge in [-0.3, -0.25) is 9.69 Å². The van der Waals surface area contributed by atoms with Crippen molar-refractivity contribution < 1.29 is 18.3 Å². The van der Waals surface area contributed by atoms with E-state index in [1.54, 1.807) is 6.92 Å². The third-order valence-electron chi connectivity index (χ3n) is 4.90. The van der Waals surface area contributed by atoms with Gasteiger partial charge in [0.25, 0.3) is 0 Å². The van der Waals surface area contributed by atoms with Gasteiger partial charge in [0.05, 0.1) is 12.4 Å². The Morgan fingerprint density at radius 1 is 1.59 bits per heavy atom. The molecule has 127 valence electrons. The molecule has 2 aliphatic rings. The van der Waals surface area contributed by atoms with Crippen LogP contribution in [-0.4, -0.2) is 72.2 Å². The molecule has 1 unspecified atom stereocenters. The summed E-state index contributed by atoms with van der Waals surface area (Å²) in [6.07, 6.45) is 5.47. The number of primary amides is 1. The predicted octanol–water partition coefficient (Wildman–Crippen LogP) is -0.685. The van der Waals surface area contributed by atoms with Crippen molar-refractivity contribution in [1.82, 2.24) is 9.21 Å². The van der Waals surface area contributed by atoms with E-state index in [4.69, 9.17) is 5.73 Å². The highest BCUT2D eigenvalue weighted by atomic mass is 32.2. The Morgan fingerprint density at radius 2 is 2.27 bits per heavy atom. The lowest BCUT2D eigenvalue weighted by Crippen LogP contribution is -2.60. The van der Waals surface area contributed by atoms with Crippen molar-refractivity contribution in [3.63, 3.8) is 0 Å². The van der Waals surface area contributed by atoms with Crippen LogP contribution in [0.4, 0.5) is 0 Å². The molecular weight excluding hydrogens is 306 g/mol. The van der Waals surface area contributed by atoms with Crippen molar-refractivity contribution in [2.75, 3.05) is 25.9 Å². The van der Waals surface area contributed by atoms with E-state index in [1.165, 1.54) is 4.31 Å². The number of fused-ring (bicyclic) bond motifs is 2. The highest BCUT2D eigenvalue weighted by Gasteiger charge is 2.52. The predicted molar refractivity (Wildman–Crippen MR) is 83.3 cm³/mol. The van der Waals surface area contributed by atoms with E-state index < -0.39 is 21.7 Å². The second-order valence-electron chi connectivity index (χ2n) is 6.34. The number of rotatable bonds is 7. The summed E-state index contributed by atoms with van der Waals surface area (Å²) in [5.41, 5.74) is 4.91. The largest absolute Gasteiger partial charge is 0.390 e. The molecule has 2 rings (SSSR count). The highest BCUT2D eigenvalue weighted by molar-refractivity contribution is 7.88. The molecule has 2 bridgehead atoms. The number of carbonyl (C=O) groups excluding carboxylic acids is 1. The summed E-state index contributed by atoms with van der Waals surface area (Å²) in [5.74, 6) is -0.353. The van der Waals surface area contributed by atoms with Gasteiger partial charge in [0.1, 0.15) is 5.54 Å². The smallest absolute Gasteiger partial charge is 0.237 e. The van der Waals surface area contributed by atoms with Gasteiger partial charge in [-0.25, -0.2) is 8.42 Å². The van der Waals surface area contributed by atoms with E-state index >= 15 is 0 Å². The van der Waals surface area contributed by atoms with Crippen LogP contribution in [0.1, 0.15) is 32.6 Å². The minimum absolute atomic E-state index is 0.0388. The summed E-state index contributed by atoms with van der Waals surface area (Å²) in [7, 11) is -3.34. The monoisotopic (exact) mass is 332 g/mol.